The van der Waals surface area contributed by atoms with Gasteiger partial charge in [0.1, 0.15) is 5.02 Å². The number of pyridine rings is 1. The maximum absolute atomic E-state index is 13.5. The molecule has 88 valence electrons. The van der Waals surface area contributed by atoms with Crippen LogP contribution in [0.15, 0.2) is 30.5 Å². The first kappa shape index (κ1) is 12.0. The van der Waals surface area contributed by atoms with E-state index in [0.29, 0.717) is 5.69 Å². The lowest BCUT2D eigenvalue weighted by atomic mass is 10.3. The Morgan fingerprint density at radius 2 is 1.94 bits per heavy atom. The van der Waals surface area contributed by atoms with Crippen LogP contribution in [0, 0.1) is 5.82 Å². The second-order valence-electron chi connectivity index (χ2n) is 3.21. The number of nitrogens with two attached hydrogens (primary N) is 1. The van der Waals surface area contributed by atoms with Crippen molar-refractivity contribution in [2.24, 2.45) is 0 Å². The van der Waals surface area contributed by atoms with E-state index < -0.39 is 5.82 Å². The van der Waals surface area contributed by atoms with Crippen molar-refractivity contribution in [2.45, 2.75) is 0 Å². The maximum Gasteiger partial charge on any atom is 0.167 e. The van der Waals surface area contributed by atoms with Crippen molar-refractivity contribution in [1.82, 2.24) is 4.98 Å². The second-order valence-corrected chi connectivity index (χ2v) is 3.94. The number of hydrogen-bond donors (Lipinski definition) is 1. The third-order valence-corrected chi connectivity index (χ3v) is 2.74. The van der Waals surface area contributed by atoms with E-state index in [9.17, 15) is 4.39 Å². The van der Waals surface area contributed by atoms with E-state index >= 15 is 0 Å². The third-order valence-electron chi connectivity index (χ3n) is 1.99. The van der Waals surface area contributed by atoms with Gasteiger partial charge in [0.15, 0.2) is 22.5 Å². The SMILES string of the molecule is Nc1ccc(Oc2ccnc(Cl)c2Cl)c(F)c1. The topological polar surface area (TPSA) is 48.1 Å². The molecule has 2 N–H and O–H groups in total. The fourth-order valence-electron chi connectivity index (χ4n) is 1.20. The number of nitrogens with zero attached hydrogens (tertiary/aromatic N) is 1. The smallest absolute Gasteiger partial charge is 0.167 e. The third kappa shape index (κ3) is 2.60. The van der Waals surface area contributed by atoms with Crippen molar-refractivity contribution in [1.29, 1.82) is 0 Å². The molecule has 2 aromatic rings. The molecule has 0 atom stereocenters. The van der Waals surface area contributed by atoms with Crippen LogP contribution in [0.1, 0.15) is 0 Å². The van der Waals surface area contributed by atoms with Gasteiger partial charge in [0.25, 0.3) is 0 Å². The van der Waals surface area contributed by atoms with Gasteiger partial charge >= 0.3 is 0 Å². The number of anilines is 1. The fourth-order valence-corrected chi connectivity index (χ4v) is 1.50. The summed E-state index contributed by atoms with van der Waals surface area (Å²) >= 11 is 11.6. The number of hydrogen-bond acceptors (Lipinski definition) is 3. The largest absolute Gasteiger partial charge is 0.453 e. The van der Waals surface area contributed by atoms with Gasteiger partial charge in [0.2, 0.25) is 0 Å². The Balaban J connectivity index is 2.35. The summed E-state index contributed by atoms with van der Waals surface area (Å²) in [6, 6.07) is 5.58. The minimum Gasteiger partial charge on any atom is -0.453 e. The number of aromatic nitrogens is 1. The summed E-state index contributed by atoms with van der Waals surface area (Å²) in [4.78, 5) is 3.76. The van der Waals surface area contributed by atoms with Crippen molar-refractivity contribution < 1.29 is 9.13 Å². The van der Waals surface area contributed by atoms with Gasteiger partial charge in [0, 0.05) is 24.0 Å². The molecule has 1 aromatic heterocycles. The van der Waals surface area contributed by atoms with E-state index in [4.69, 9.17) is 33.7 Å². The first-order valence-electron chi connectivity index (χ1n) is 4.61. The quantitative estimate of drug-likeness (QED) is 0.666. The molecule has 0 unspecified atom stereocenters. The molecule has 17 heavy (non-hydrogen) atoms. The highest BCUT2D eigenvalue weighted by Gasteiger charge is 2.10. The van der Waals surface area contributed by atoms with Gasteiger partial charge in [-0.2, -0.15) is 0 Å². The zero-order valence-corrected chi connectivity index (χ0v) is 9.97. The first-order valence-corrected chi connectivity index (χ1v) is 5.36. The van der Waals surface area contributed by atoms with E-state index in [1.807, 2.05) is 0 Å². The average Bonchev–Trinajstić information content (AvgIpc) is 2.28. The monoisotopic (exact) mass is 272 g/mol. The van der Waals surface area contributed by atoms with E-state index in [-0.39, 0.29) is 21.7 Å². The van der Waals surface area contributed by atoms with Crippen LogP contribution in [0.25, 0.3) is 0 Å². The van der Waals surface area contributed by atoms with Gasteiger partial charge in [-0.1, -0.05) is 23.2 Å². The lowest BCUT2D eigenvalue weighted by Crippen LogP contribution is -1.92. The highest BCUT2D eigenvalue weighted by Crippen LogP contribution is 2.34. The van der Waals surface area contributed by atoms with Crippen LogP contribution < -0.4 is 10.5 Å². The van der Waals surface area contributed by atoms with Crippen LogP contribution >= 0.6 is 23.2 Å². The molecule has 6 heteroatoms. The average molecular weight is 273 g/mol. The summed E-state index contributed by atoms with van der Waals surface area (Å²) in [6.07, 6.45) is 1.42. The fraction of sp³-hybridized carbons (Fsp3) is 0. The summed E-state index contributed by atoms with van der Waals surface area (Å²) in [6.45, 7) is 0. The van der Waals surface area contributed by atoms with Crippen LogP contribution in [-0.2, 0) is 0 Å². The van der Waals surface area contributed by atoms with E-state index in [0.717, 1.165) is 6.07 Å². The van der Waals surface area contributed by atoms with Crippen molar-refractivity contribution >= 4 is 28.9 Å². The minimum absolute atomic E-state index is 0.0170. The Morgan fingerprint density at radius 1 is 1.18 bits per heavy atom. The molecule has 2 rings (SSSR count). The van der Waals surface area contributed by atoms with Gasteiger partial charge in [-0.15, -0.1) is 0 Å². The molecular weight excluding hydrogens is 266 g/mol. The molecule has 0 aliphatic heterocycles. The van der Waals surface area contributed by atoms with Crippen LogP contribution in [0.3, 0.4) is 0 Å². The van der Waals surface area contributed by atoms with E-state index in [2.05, 4.69) is 4.98 Å². The zero-order valence-electron chi connectivity index (χ0n) is 8.45. The Hall–Kier alpha value is -1.52. The molecule has 0 saturated heterocycles. The van der Waals surface area contributed by atoms with Crippen LogP contribution in [0.5, 0.6) is 11.5 Å². The van der Waals surface area contributed by atoms with Crippen molar-refractivity contribution in [2.75, 3.05) is 5.73 Å². The van der Waals surface area contributed by atoms with Gasteiger partial charge in [0.05, 0.1) is 0 Å². The zero-order chi connectivity index (χ0) is 12.4. The second kappa shape index (κ2) is 4.77. The number of rotatable bonds is 2. The Bertz CT molecular complexity index is 563. The van der Waals surface area contributed by atoms with Gasteiger partial charge in [-0.25, -0.2) is 9.37 Å². The summed E-state index contributed by atoms with van der Waals surface area (Å²) in [5, 5.41) is 0.227. The molecule has 0 saturated carbocycles. The number of benzene rings is 1. The maximum atomic E-state index is 13.5. The van der Waals surface area contributed by atoms with Gasteiger partial charge in [-0.3, -0.25) is 0 Å². The van der Waals surface area contributed by atoms with Crippen molar-refractivity contribution in [3.63, 3.8) is 0 Å². The number of ether oxygens (including phenoxy) is 1. The first-order chi connectivity index (χ1) is 8.08. The van der Waals surface area contributed by atoms with Gasteiger partial charge < -0.3 is 10.5 Å². The molecule has 0 spiro atoms. The van der Waals surface area contributed by atoms with E-state index in [1.165, 1.54) is 24.4 Å². The summed E-state index contributed by atoms with van der Waals surface area (Å²) in [7, 11) is 0. The number of nitrogen functional groups attached to an aromatic ring is 1. The lowest BCUT2D eigenvalue weighted by Gasteiger charge is -2.08. The summed E-state index contributed by atoms with van der Waals surface area (Å²) < 4.78 is 18.8. The molecule has 3 nitrogen and oxygen atoms in total. The summed E-state index contributed by atoms with van der Waals surface area (Å²) in [5.74, 6) is -0.326. The Kier molecular flexibility index (Phi) is 3.36. The van der Waals surface area contributed by atoms with Crippen LogP contribution in [0.2, 0.25) is 10.2 Å². The predicted molar refractivity (Wildman–Crippen MR) is 65.1 cm³/mol. The molecule has 1 aromatic carbocycles. The molecule has 0 amide bonds. The predicted octanol–water partition coefficient (Wildman–Crippen LogP) is 3.90. The van der Waals surface area contributed by atoms with Gasteiger partial charge in [-0.05, 0) is 12.1 Å². The molecule has 0 radical (unpaired) electrons. The Morgan fingerprint density at radius 3 is 2.65 bits per heavy atom. The molecule has 0 bridgehead atoms. The minimum atomic E-state index is -0.575. The molecule has 0 aliphatic carbocycles. The molecule has 0 aliphatic rings. The van der Waals surface area contributed by atoms with Crippen LogP contribution in [0.4, 0.5) is 10.1 Å². The highest BCUT2D eigenvalue weighted by atomic mass is 35.5. The van der Waals surface area contributed by atoms with Crippen molar-refractivity contribution in [3.05, 3.63) is 46.5 Å². The summed E-state index contributed by atoms with van der Waals surface area (Å²) in [5.41, 5.74) is 5.74. The molecule has 0 fully saturated rings. The van der Waals surface area contributed by atoms with E-state index in [1.54, 1.807) is 0 Å². The molecule has 1 heterocycles. The Labute approximate surface area is 107 Å². The molecular formula is C11H7Cl2FN2O. The highest BCUT2D eigenvalue weighted by molar-refractivity contribution is 6.42. The normalized spacial score (nSPS) is 10.3. The lowest BCUT2D eigenvalue weighted by molar-refractivity contribution is 0.442. The van der Waals surface area contributed by atoms with Crippen LogP contribution in [-0.4, -0.2) is 4.98 Å². The standard InChI is InChI=1S/C11H7Cl2FN2O/c12-10-9(3-4-16-11(10)13)17-8-2-1-6(15)5-7(8)14/h1-5H,15H2. The van der Waals surface area contributed by atoms with Crippen molar-refractivity contribution in [3.8, 4) is 11.5 Å². The number of halogens is 3.